The van der Waals surface area contributed by atoms with Crippen LogP contribution in [0.3, 0.4) is 0 Å². The molecule has 2 fully saturated rings. The van der Waals surface area contributed by atoms with Gasteiger partial charge in [-0.25, -0.2) is 9.97 Å². The first-order valence-electron chi connectivity index (χ1n) is 12.0. The number of anilines is 1. The first-order valence-corrected chi connectivity index (χ1v) is 12.0. The van der Waals surface area contributed by atoms with Crippen molar-refractivity contribution in [2.24, 2.45) is 5.73 Å². The second-order valence-corrected chi connectivity index (χ2v) is 9.45. The molecule has 2 amide bonds. The zero-order chi connectivity index (χ0) is 25.3. The molecule has 0 radical (unpaired) electrons. The lowest BCUT2D eigenvalue weighted by atomic mass is 9.62. The highest BCUT2D eigenvalue weighted by Crippen LogP contribution is 2.45. The highest BCUT2D eigenvalue weighted by Gasteiger charge is 2.44. The second-order valence-electron chi connectivity index (χ2n) is 9.45. The second kappa shape index (κ2) is 9.67. The summed E-state index contributed by atoms with van der Waals surface area (Å²) in [5.74, 6) is -0.136. The molecule has 0 spiro atoms. The number of nitrogens with zero attached hydrogens (tertiary/aromatic N) is 5. The Balaban J connectivity index is 1.22. The van der Waals surface area contributed by atoms with Gasteiger partial charge in [0.2, 0.25) is 11.9 Å². The highest BCUT2D eigenvalue weighted by atomic mass is 16.5. The number of hydrogen-bond acceptors (Lipinski definition) is 8. The van der Waals surface area contributed by atoms with E-state index >= 15 is 0 Å². The van der Waals surface area contributed by atoms with Gasteiger partial charge in [0.1, 0.15) is 6.54 Å². The van der Waals surface area contributed by atoms with Crippen molar-refractivity contribution in [3.05, 3.63) is 60.2 Å². The molecule has 1 atom stereocenters. The standard InChI is InChI=1S/C25H30N8O3/c1-36-20-13-32(14-20)21(34)15-33-12-18(11-30-33)22(35)31-23(26)25(7-2-8-25)19-5-3-16(4-6-19)17-9-28-24(27)29-10-17/h3-6,9-12,20,23H,2,7-8,13-15,26H2,1H3,(H,31,35)(H2,27,28,29). The number of methoxy groups -OCH3 is 1. The van der Waals surface area contributed by atoms with Crippen LogP contribution in [0.25, 0.3) is 11.1 Å². The number of nitrogens with one attached hydrogen (secondary N) is 1. The van der Waals surface area contributed by atoms with Crippen LogP contribution in [0.4, 0.5) is 5.95 Å². The van der Waals surface area contributed by atoms with Gasteiger partial charge in [0.05, 0.1) is 24.0 Å². The summed E-state index contributed by atoms with van der Waals surface area (Å²) in [4.78, 5) is 35.1. The maximum Gasteiger partial charge on any atom is 0.255 e. The van der Waals surface area contributed by atoms with Crippen molar-refractivity contribution in [1.29, 1.82) is 0 Å². The van der Waals surface area contributed by atoms with Crippen LogP contribution in [0.15, 0.2) is 49.1 Å². The zero-order valence-corrected chi connectivity index (χ0v) is 20.1. The molecule has 1 aliphatic carbocycles. The first kappa shape index (κ1) is 23.9. The van der Waals surface area contributed by atoms with Crippen LogP contribution in [0.5, 0.6) is 0 Å². The van der Waals surface area contributed by atoms with E-state index in [1.807, 2.05) is 24.3 Å². The number of carbonyl (C=O) groups is 2. The molecule has 5 rings (SSSR count). The average Bonchev–Trinajstić information content (AvgIpc) is 3.27. The summed E-state index contributed by atoms with van der Waals surface area (Å²) < 4.78 is 6.68. The monoisotopic (exact) mass is 490 g/mol. The largest absolute Gasteiger partial charge is 0.378 e. The van der Waals surface area contributed by atoms with Gasteiger partial charge in [-0.15, -0.1) is 0 Å². The fourth-order valence-electron chi connectivity index (χ4n) is 4.78. The lowest BCUT2D eigenvalue weighted by Crippen LogP contribution is -2.59. The van der Waals surface area contributed by atoms with Gasteiger partial charge >= 0.3 is 0 Å². The summed E-state index contributed by atoms with van der Waals surface area (Å²) in [6, 6.07) is 8.11. The van der Waals surface area contributed by atoms with E-state index in [9.17, 15) is 9.59 Å². The molecule has 5 N–H and O–H groups in total. The average molecular weight is 491 g/mol. The summed E-state index contributed by atoms with van der Waals surface area (Å²) in [5, 5.41) is 7.14. The minimum absolute atomic E-state index is 0.0579. The number of amides is 2. The third-order valence-electron chi connectivity index (χ3n) is 7.32. The first-order chi connectivity index (χ1) is 17.4. The molecule has 188 valence electrons. The van der Waals surface area contributed by atoms with Crippen LogP contribution in [0.1, 0.15) is 35.2 Å². The molecule has 1 unspecified atom stereocenters. The van der Waals surface area contributed by atoms with Crippen LogP contribution in [0.2, 0.25) is 0 Å². The molecular formula is C25H30N8O3. The Hall–Kier alpha value is -3.83. The molecule has 2 aliphatic rings. The van der Waals surface area contributed by atoms with Gasteiger partial charge in [0, 0.05) is 49.8 Å². The van der Waals surface area contributed by atoms with Crippen molar-refractivity contribution < 1.29 is 14.3 Å². The van der Waals surface area contributed by atoms with Crippen molar-refractivity contribution in [2.75, 3.05) is 25.9 Å². The number of hydrogen-bond donors (Lipinski definition) is 3. The molecule has 1 saturated heterocycles. The van der Waals surface area contributed by atoms with Crippen molar-refractivity contribution >= 4 is 17.8 Å². The number of carbonyl (C=O) groups excluding carboxylic acids is 2. The van der Waals surface area contributed by atoms with Crippen molar-refractivity contribution in [1.82, 2.24) is 30.0 Å². The lowest BCUT2D eigenvalue weighted by Gasteiger charge is -2.46. The third-order valence-corrected chi connectivity index (χ3v) is 7.32. The summed E-state index contributed by atoms with van der Waals surface area (Å²) in [6.07, 6.45) is 8.74. The molecule has 1 saturated carbocycles. The number of nitrogen functional groups attached to an aromatic ring is 1. The molecule has 11 heteroatoms. The van der Waals surface area contributed by atoms with Crippen LogP contribution in [-0.4, -0.2) is 68.9 Å². The quantitative estimate of drug-likeness (QED) is 0.394. The predicted octanol–water partition coefficient (Wildman–Crippen LogP) is 0.916. The van der Waals surface area contributed by atoms with E-state index in [-0.39, 0.29) is 35.8 Å². The minimum atomic E-state index is -0.568. The number of nitrogens with two attached hydrogens (primary N) is 2. The number of benzene rings is 1. The molecule has 2 aromatic heterocycles. The van der Waals surface area contributed by atoms with Crippen molar-refractivity contribution in [2.45, 2.75) is 43.5 Å². The highest BCUT2D eigenvalue weighted by molar-refractivity contribution is 5.94. The fraction of sp³-hybridized carbons (Fsp3) is 0.400. The topological polar surface area (TPSA) is 154 Å². The predicted molar refractivity (Wildman–Crippen MR) is 132 cm³/mol. The van der Waals surface area contributed by atoms with Crippen molar-refractivity contribution in [3.8, 4) is 11.1 Å². The van der Waals surface area contributed by atoms with Gasteiger partial charge in [-0.2, -0.15) is 5.10 Å². The van der Waals surface area contributed by atoms with Gasteiger partial charge in [-0.05, 0) is 24.0 Å². The van der Waals surface area contributed by atoms with E-state index in [1.54, 1.807) is 30.6 Å². The summed E-state index contributed by atoms with van der Waals surface area (Å²) in [7, 11) is 1.63. The van der Waals surface area contributed by atoms with Gasteiger partial charge in [-0.3, -0.25) is 14.3 Å². The lowest BCUT2D eigenvalue weighted by molar-refractivity contribution is -0.143. The smallest absolute Gasteiger partial charge is 0.255 e. The number of rotatable bonds is 8. The van der Waals surface area contributed by atoms with Gasteiger partial charge in [0.15, 0.2) is 0 Å². The number of likely N-dealkylation sites (tertiary alicyclic amines) is 1. The van der Waals surface area contributed by atoms with Gasteiger partial charge in [0.25, 0.3) is 5.91 Å². The number of aromatic nitrogens is 4. The summed E-state index contributed by atoms with van der Waals surface area (Å²) in [6.45, 7) is 1.23. The van der Waals surface area contributed by atoms with Crippen LogP contribution in [-0.2, 0) is 21.5 Å². The molecule has 3 heterocycles. The van der Waals surface area contributed by atoms with E-state index in [4.69, 9.17) is 16.2 Å². The minimum Gasteiger partial charge on any atom is -0.378 e. The van der Waals surface area contributed by atoms with Crippen molar-refractivity contribution in [3.63, 3.8) is 0 Å². The molecule has 36 heavy (non-hydrogen) atoms. The summed E-state index contributed by atoms with van der Waals surface area (Å²) >= 11 is 0. The third kappa shape index (κ3) is 4.54. The Morgan fingerprint density at radius 2 is 1.83 bits per heavy atom. The van der Waals surface area contributed by atoms with Crippen LogP contribution < -0.4 is 16.8 Å². The maximum atomic E-state index is 12.9. The Labute approximate surface area is 208 Å². The van der Waals surface area contributed by atoms with E-state index in [0.29, 0.717) is 18.7 Å². The van der Waals surface area contributed by atoms with E-state index in [1.165, 1.54) is 10.9 Å². The molecule has 1 aliphatic heterocycles. The Morgan fingerprint density at radius 3 is 2.44 bits per heavy atom. The molecule has 3 aromatic rings. The SMILES string of the molecule is COC1CN(C(=O)Cn2cc(C(=O)NC(N)C3(c4ccc(-c5cnc(N)nc5)cc4)CCC3)cn2)C1. The zero-order valence-electron chi connectivity index (χ0n) is 20.1. The molecule has 11 nitrogen and oxygen atoms in total. The molecule has 0 bridgehead atoms. The molecular weight excluding hydrogens is 460 g/mol. The normalized spacial score (nSPS) is 17.7. The molecule has 1 aromatic carbocycles. The van der Waals surface area contributed by atoms with E-state index in [2.05, 4.69) is 20.4 Å². The summed E-state index contributed by atoms with van der Waals surface area (Å²) in [5.41, 5.74) is 15.1. The van der Waals surface area contributed by atoms with E-state index < -0.39 is 6.17 Å². The Bertz CT molecular complexity index is 1230. The fourth-order valence-corrected chi connectivity index (χ4v) is 4.78. The van der Waals surface area contributed by atoms with Crippen LogP contribution >= 0.6 is 0 Å². The number of ether oxygens (including phenoxy) is 1. The Kier molecular flexibility index (Phi) is 6.42. The van der Waals surface area contributed by atoms with Gasteiger partial charge < -0.3 is 26.4 Å². The maximum absolute atomic E-state index is 12.9. The van der Waals surface area contributed by atoms with Gasteiger partial charge in [-0.1, -0.05) is 30.7 Å². The van der Waals surface area contributed by atoms with Crippen LogP contribution in [0, 0.1) is 0 Å². The Morgan fingerprint density at radius 1 is 1.14 bits per heavy atom. The van der Waals surface area contributed by atoms with E-state index in [0.717, 1.165) is 36.0 Å².